The number of aromatic nitrogens is 3. The fraction of sp³-hybridized carbons (Fsp3) is 0.214. The van der Waals surface area contributed by atoms with Gasteiger partial charge in [-0.05, 0) is 55.8 Å². The highest BCUT2D eigenvalue weighted by Gasteiger charge is 2.51. The van der Waals surface area contributed by atoms with E-state index < -0.39 is 11.0 Å². The molecular formula is C28H25N7. The van der Waals surface area contributed by atoms with Gasteiger partial charge in [-0.15, -0.1) is 0 Å². The van der Waals surface area contributed by atoms with Crippen molar-refractivity contribution in [3.63, 3.8) is 0 Å². The first-order valence-corrected chi connectivity index (χ1v) is 11.7. The Morgan fingerprint density at radius 1 is 1.14 bits per heavy atom. The Labute approximate surface area is 204 Å². The fourth-order valence-corrected chi connectivity index (χ4v) is 5.04. The van der Waals surface area contributed by atoms with E-state index in [1.807, 2.05) is 49.1 Å². The van der Waals surface area contributed by atoms with Crippen LogP contribution < -0.4 is 10.4 Å². The van der Waals surface area contributed by atoms with Crippen molar-refractivity contribution in [2.24, 2.45) is 10.9 Å². The Kier molecular flexibility index (Phi) is 4.80. The number of aliphatic imine (C=N–C) groups is 1. The molecule has 3 aromatic rings. The maximum Gasteiger partial charge on any atom is 0.124 e. The first-order chi connectivity index (χ1) is 17.0. The zero-order chi connectivity index (χ0) is 24.0. The number of hydrogen-bond acceptors (Lipinski definition) is 6. The Morgan fingerprint density at radius 2 is 2.00 bits per heavy atom. The summed E-state index contributed by atoms with van der Waals surface area (Å²) < 4.78 is 1.93. The molecule has 2 unspecified atom stereocenters. The number of nitriles is 1. The SMILES string of the molecule is CC(C)(C#N)c1ccc(N2NCC3C=CC=C4N=C(c5cncc(-n6ccnc6)c5)C=CC432)cc1. The van der Waals surface area contributed by atoms with Crippen molar-refractivity contribution in [3.05, 3.63) is 109 Å². The summed E-state index contributed by atoms with van der Waals surface area (Å²) in [7, 11) is 0. The lowest BCUT2D eigenvalue weighted by Crippen LogP contribution is -2.52. The van der Waals surface area contributed by atoms with E-state index in [4.69, 9.17) is 4.99 Å². The van der Waals surface area contributed by atoms with Gasteiger partial charge in [0.05, 0.1) is 46.8 Å². The van der Waals surface area contributed by atoms with Gasteiger partial charge in [-0.2, -0.15) is 5.26 Å². The number of hydrazine groups is 1. The lowest BCUT2D eigenvalue weighted by Gasteiger charge is -2.42. The lowest BCUT2D eigenvalue weighted by atomic mass is 9.76. The van der Waals surface area contributed by atoms with Gasteiger partial charge < -0.3 is 4.57 Å². The second-order valence-electron chi connectivity index (χ2n) is 9.58. The van der Waals surface area contributed by atoms with Crippen molar-refractivity contribution in [2.45, 2.75) is 24.8 Å². The summed E-state index contributed by atoms with van der Waals surface area (Å²) in [5.74, 6) is 0.245. The second kappa shape index (κ2) is 7.90. The molecule has 7 nitrogen and oxygen atoms in total. The van der Waals surface area contributed by atoms with Gasteiger partial charge in [-0.25, -0.2) is 15.4 Å². The van der Waals surface area contributed by atoms with E-state index in [0.29, 0.717) is 0 Å². The molecule has 1 N–H and O–H groups in total. The number of nitrogens with zero attached hydrogens (tertiary/aromatic N) is 6. The standard InChI is InChI=1S/C28H25N7/c1-27(2,18-29)21-6-8-23(9-7-21)35-28-11-10-25(33-26(28)5-3-4-22(28)16-32-35)20-14-24(17-31-15-20)34-13-12-30-19-34/h3-15,17,19,22,32H,16H2,1-2H3. The molecule has 2 atom stereocenters. The number of allylic oxidation sites excluding steroid dienone is 3. The molecule has 172 valence electrons. The average molecular weight is 460 g/mol. The van der Waals surface area contributed by atoms with Crippen LogP contribution in [0.1, 0.15) is 25.0 Å². The highest BCUT2D eigenvalue weighted by molar-refractivity contribution is 6.10. The minimum Gasteiger partial charge on any atom is -0.305 e. The van der Waals surface area contributed by atoms with Gasteiger partial charge in [0.2, 0.25) is 0 Å². The number of imidazole rings is 1. The molecule has 35 heavy (non-hydrogen) atoms. The van der Waals surface area contributed by atoms with Crippen molar-refractivity contribution in [1.82, 2.24) is 20.0 Å². The molecule has 0 saturated carbocycles. The van der Waals surface area contributed by atoms with Crippen molar-refractivity contribution in [1.29, 1.82) is 5.26 Å². The molecule has 1 aromatic carbocycles. The molecule has 0 radical (unpaired) electrons. The van der Waals surface area contributed by atoms with Gasteiger partial charge >= 0.3 is 0 Å². The van der Waals surface area contributed by atoms with Crippen LogP contribution in [0.2, 0.25) is 0 Å². The smallest absolute Gasteiger partial charge is 0.124 e. The number of nitrogens with one attached hydrogen (secondary N) is 1. The third kappa shape index (κ3) is 3.34. The Balaban J connectivity index is 1.36. The third-order valence-electron chi connectivity index (χ3n) is 7.10. The van der Waals surface area contributed by atoms with E-state index in [1.165, 1.54) is 0 Å². The first-order valence-electron chi connectivity index (χ1n) is 11.7. The maximum absolute atomic E-state index is 9.51. The quantitative estimate of drug-likeness (QED) is 0.630. The molecule has 1 fully saturated rings. The summed E-state index contributed by atoms with van der Waals surface area (Å²) in [4.78, 5) is 13.7. The zero-order valence-electron chi connectivity index (χ0n) is 19.6. The molecule has 1 aliphatic carbocycles. The summed E-state index contributed by atoms with van der Waals surface area (Å²) in [6, 6.07) is 12.7. The van der Waals surface area contributed by atoms with Crippen molar-refractivity contribution in [2.75, 3.05) is 11.6 Å². The van der Waals surface area contributed by atoms with Crippen molar-refractivity contribution >= 4 is 11.4 Å². The monoisotopic (exact) mass is 459 g/mol. The van der Waals surface area contributed by atoms with Crippen LogP contribution >= 0.6 is 0 Å². The lowest BCUT2D eigenvalue weighted by molar-refractivity contribution is 0.504. The Bertz CT molecular complexity index is 1440. The molecule has 2 aromatic heterocycles. The molecule has 3 aliphatic rings. The van der Waals surface area contributed by atoms with E-state index in [9.17, 15) is 5.26 Å². The van der Waals surface area contributed by atoms with E-state index in [-0.39, 0.29) is 5.92 Å². The van der Waals surface area contributed by atoms with E-state index in [2.05, 4.69) is 75.1 Å². The number of pyridine rings is 1. The second-order valence-corrected chi connectivity index (χ2v) is 9.58. The van der Waals surface area contributed by atoms with Crippen LogP contribution in [-0.4, -0.2) is 32.3 Å². The molecule has 7 heteroatoms. The van der Waals surface area contributed by atoms with Crippen LogP contribution in [-0.2, 0) is 5.41 Å². The number of anilines is 1. The zero-order valence-corrected chi connectivity index (χ0v) is 19.6. The molecular weight excluding hydrogens is 434 g/mol. The van der Waals surface area contributed by atoms with Crippen LogP contribution in [0.25, 0.3) is 5.69 Å². The highest BCUT2D eigenvalue weighted by atomic mass is 15.6. The summed E-state index contributed by atoms with van der Waals surface area (Å²) in [6.07, 6.45) is 19.9. The van der Waals surface area contributed by atoms with E-state index in [1.54, 1.807) is 12.5 Å². The Hall–Kier alpha value is -4.28. The largest absolute Gasteiger partial charge is 0.305 e. The highest BCUT2D eigenvalue weighted by Crippen LogP contribution is 2.45. The van der Waals surface area contributed by atoms with E-state index >= 15 is 0 Å². The van der Waals surface area contributed by atoms with Gasteiger partial charge in [0.15, 0.2) is 0 Å². The van der Waals surface area contributed by atoms with Crippen LogP contribution in [0.4, 0.5) is 5.69 Å². The summed E-state index contributed by atoms with van der Waals surface area (Å²) in [5.41, 5.74) is 8.45. The molecule has 1 saturated heterocycles. The maximum atomic E-state index is 9.51. The molecule has 6 rings (SSSR count). The van der Waals surface area contributed by atoms with Gasteiger partial charge in [-0.3, -0.25) is 9.99 Å². The van der Waals surface area contributed by atoms with Gasteiger partial charge in [0.25, 0.3) is 0 Å². The fourth-order valence-electron chi connectivity index (χ4n) is 5.04. The topological polar surface area (TPSA) is 82.1 Å². The molecule has 0 amide bonds. The van der Waals surface area contributed by atoms with Crippen LogP contribution in [0, 0.1) is 17.2 Å². The minimum absolute atomic E-state index is 0.245. The number of hydrogen-bond donors (Lipinski definition) is 1. The first kappa shape index (κ1) is 21.3. The number of benzene rings is 1. The van der Waals surface area contributed by atoms with Crippen LogP contribution in [0.5, 0.6) is 0 Å². The normalized spacial score (nSPS) is 22.8. The molecule has 0 bridgehead atoms. The predicted molar refractivity (Wildman–Crippen MR) is 136 cm³/mol. The summed E-state index contributed by atoms with van der Waals surface area (Å²) in [6.45, 7) is 4.69. The predicted octanol–water partition coefficient (Wildman–Crippen LogP) is 4.26. The molecule has 2 aliphatic heterocycles. The van der Waals surface area contributed by atoms with Gasteiger partial charge in [0.1, 0.15) is 5.54 Å². The van der Waals surface area contributed by atoms with Gasteiger partial charge in [0, 0.05) is 36.6 Å². The van der Waals surface area contributed by atoms with Gasteiger partial charge in [-0.1, -0.05) is 24.3 Å². The third-order valence-corrected chi connectivity index (χ3v) is 7.10. The van der Waals surface area contributed by atoms with Crippen molar-refractivity contribution in [3.8, 4) is 11.8 Å². The number of dihydropyridines is 1. The summed E-state index contributed by atoms with van der Waals surface area (Å²) in [5, 5.41) is 11.7. The van der Waals surface area contributed by atoms with Crippen LogP contribution in [0.3, 0.4) is 0 Å². The van der Waals surface area contributed by atoms with Crippen molar-refractivity contribution < 1.29 is 0 Å². The molecule has 1 spiro atoms. The summed E-state index contributed by atoms with van der Waals surface area (Å²) >= 11 is 0. The minimum atomic E-state index is -0.528. The number of rotatable bonds is 4. The average Bonchev–Trinajstić information content (AvgIpc) is 3.56. The molecule has 4 heterocycles. The van der Waals surface area contributed by atoms with Crippen LogP contribution in [0.15, 0.2) is 103 Å². The Morgan fingerprint density at radius 3 is 2.77 bits per heavy atom. The van der Waals surface area contributed by atoms with E-state index in [0.717, 1.165) is 40.5 Å².